The number of hydrogen-bond acceptors (Lipinski definition) is 2. The molecule has 0 saturated heterocycles. The highest BCUT2D eigenvalue weighted by Gasteiger charge is 2.12. The molecule has 1 nitrogen and oxygen atoms in total. The second kappa shape index (κ2) is 9.37. The molecule has 0 amide bonds. The zero-order chi connectivity index (χ0) is 26.5. The molecule has 0 aliphatic carbocycles. The first-order chi connectivity index (χ1) is 19.8. The van der Waals surface area contributed by atoms with Crippen molar-refractivity contribution in [3.63, 3.8) is 0 Å². The van der Waals surface area contributed by atoms with Gasteiger partial charge in [0.05, 0.1) is 0 Å². The summed E-state index contributed by atoms with van der Waals surface area (Å²) in [4.78, 5) is 0. The highest BCUT2D eigenvalue weighted by molar-refractivity contribution is 7.25. The van der Waals surface area contributed by atoms with Crippen LogP contribution in [0.15, 0.2) is 146 Å². The Balaban J connectivity index is 1.14. The summed E-state index contributed by atoms with van der Waals surface area (Å²) in [6, 6.07) is 52.6. The number of hydrogen-bond donors (Lipinski definition) is 1. The number of anilines is 2. The Hall–Kier alpha value is -4.92. The maximum Gasteiger partial charge on any atom is 0.0398 e. The Morgan fingerprint density at radius 3 is 1.82 bits per heavy atom. The number of rotatable bonds is 4. The van der Waals surface area contributed by atoms with Crippen molar-refractivity contribution in [2.24, 2.45) is 0 Å². The van der Waals surface area contributed by atoms with Gasteiger partial charge in [0, 0.05) is 31.5 Å². The second-order valence-electron chi connectivity index (χ2n) is 10.2. The van der Waals surface area contributed by atoms with Gasteiger partial charge in [0.25, 0.3) is 0 Å². The van der Waals surface area contributed by atoms with Crippen LogP contribution in [0.25, 0.3) is 64.0 Å². The van der Waals surface area contributed by atoms with Crippen molar-refractivity contribution >= 4 is 64.4 Å². The summed E-state index contributed by atoms with van der Waals surface area (Å²) in [5.74, 6) is 0. The van der Waals surface area contributed by atoms with Crippen LogP contribution in [0.3, 0.4) is 0 Å². The monoisotopic (exact) mass is 527 g/mol. The molecule has 1 N–H and O–H groups in total. The van der Waals surface area contributed by atoms with Crippen molar-refractivity contribution in [1.29, 1.82) is 0 Å². The van der Waals surface area contributed by atoms with Gasteiger partial charge >= 0.3 is 0 Å². The molecule has 0 bridgehead atoms. The molecule has 1 heterocycles. The van der Waals surface area contributed by atoms with E-state index in [9.17, 15) is 0 Å². The quantitative estimate of drug-likeness (QED) is 0.240. The fraction of sp³-hybridized carbons (Fsp3) is 0. The van der Waals surface area contributed by atoms with Crippen LogP contribution >= 0.6 is 11.3 Å². The van der Waals surface area contributed by atoms with E-state index in [0.717, 1.165) is 11.4 Å². The van der Waals surface area contributed by atoms with E-state index in [4.69, 9.17) is 0 Å². The molecular weight excluding hydrogens is 502 g/mol. The molecule has 0 aliphatic heterocycles. The van der Waals surface area contributed by atoms with Crippen LogP contribution in [0, 0.1) is 0 Å². The lowest BCUT2D eigenvalue weighted by atomic mass is 9.90. The van der Waals surface area contributed by atoms with Crippen molar-refractivity contribution in [3.8, 4) is 22.3 Å². The molecule has 0 atom stereocenters. The highest BCUT2D eigenvalue weighted by Crippen LogP contribution is 2.39. The number of nitrogens with one attached hydrogen (secondary N) is 1. The Labute approximate surface area is 237 Å². The predicted molar refractivity (Wildman–Crippen MR) is 175 cm³/mol. The number of thiophene rings is 1. The maximum atomic E-state index is 3.61. The van der Waals surface area contributed by atoms with E-state index >= 15 is 0 Å². The lowest BCUT2D eigenvalue weighted by Crippen LogP contribution is -1.90. The molecule has 40 heavy (non-hydrogen) atoms. The van der Waals surface area contributed by atoms with Crippen molar-refractivity contribution in [1.82, 2.24) is 0 Å². The second-order valence-corrected chi connectivity index (χ2v) is 11.3. The summed E-state index contributed by atoms with van der Waals surface area (Å²) >= 11 is 1.85. The average molecular weight is 528 g/mol. The Morgan fingerprint density at radius 1 is 0.375 bits per heavy atom. The summed E-state index contributed by atoms with van der Waals surface area (Å²) in [7, 11) is 0. The van der Waals surface area contributed by atoms with Crippen LogP contribution in [0.2, 0.25) is 0 Å². The van der Waals surface area contributed by atoms with Crippen LogP contribution in [0.4, 0.5) is 11.4 Å². The van der Waals surface area contributed by atoms with E-state index in [1.54, 1.807) is 0 Å². The minimum Gasteiger partial charge on any atom is -0.355 e. The SMILES string of the molecule is c1ccc2c(-c3ccc(-c4ccc(Nc5ccc6c(c5)sc5ccccc56)cc4)c4ccccc34)cccc2c1. The Morgan fingerprint density at radius 2 is 0.975 bits per heavy atom. The molecule has 1 aromatic heterocycles. The topological polar surface area (TPSA) is 12.0 Å². The molecule has 0 spiro atoms. The van der Waals surface area contributed by atoms with Crippen molar-refractivity contribution in [2.75, 3.05) is 5.32 Å². The van der Waals surface area contributed by atoms with Gasteiger partial charge in [-0.15, -0.1) is 11.3 Å². The van der Waals surface area contributed by atoms with E-state index in [1.807, 2.05) is 11.3 Å². The zero-order valence-electron chi connectivity index (χ0n) is 21.8. The fourth-order valence-corrected chi connectivity index (χ4v) is 7.09. The van der Waals surface area contributed by atoms with Crippen molar-refractivity contribution in [3.05, 3.63) is 146 Å². The third kappa shape index (κ3) is 3.85. The van der Waals surface area contributed by atoms with E-state index in [1.165, 1.54) is 64.0 Å². The zero-order valence-corrected chi connectivity index (χ0v) is 22.6. The first kappa shape index (κ1) is 23.0. The van der Waals surface area contributed by atoms with Crippen LogP contribution in [0.5, 0.6) is 0 Å². The molecule has 8 aromatic rings. The maximum absolute atomic E-state index is 3.61. The molecule has 0 fully saturated rings. The normalized spacial score (nSPS) is 11.5. The first-order valence-corrected chi connectivity index (χ1v) is 14.4. The summed E-state index contributed by atoms with van der Waals surface area (Å²) in [5.41, 5.74) is 7.20. The molecular formula is C38H25NS. The summed E-state index contributed by atoms with van der Waals surface area (Å²) in [5, 5.41) is 11.4. The van der Waals surface area contributed by atoms with E-state index < -0.39 is 0 Å². The first-order valence-electron chi connectivity index (χ1n) is 13.6. The summed E-state index contributed by atoms with van der Waals surface area (Å²) in [6.07, 6.45) is 0. The van der Waals surface area contributed by atoms with Gasteiger partial charge in [-0.1, -0.05) is 115 Å². The van der Waals surface area contributed by atoms with Gasteiger partial charge in [0.2, 0.25) is 0 Å². The minimum atomic E-state index is 1.08. The third-order valence-electron chi connectivity index (χ3n) is 7.87. The molecule has 2 heteroatoms. The summed E-state index contributed by atoms with van der Waals surface area (Å²) < 4.78 is 2.64. The van der Waals surface area contributed by atoms with Gasteiger partial charge in [0.1, 0.15) is 0 Å². The molecule has 7 aromatic carbocycles. The van der Waals surface area contributed by atoms with E-state index in [-0.39, 0.29) is 0 Å². The van der Waals surface area contributed by atoms with E-state index in [0.29, 0.717) is 0 Å². The van der Waals surface area contributed by atoms with Gasteiger partial charge in [0.15, 0.2) is 0 Å². The highest BCUT2D eigenvalue weighted by atomic mass is 32.1. The largest absolute Gasteiger partial charge is 0.355 e. The van der Waals surface area contributed by atoms with Crippen LogP contribution < -0.4 is 5.32 Å². The van der Waals surface area contributed by atoms with Gasteiger partial charge in [-0.3, -0.25) is 0 Å². The van der Waals surface area contributed by atoms with E-state index in [2.05, 4.69) is 151 Å². The number of benzene rings is 7. The average Bonchev–Trinajstić information content (AvgIpc) is 3.39. The van der Waals surface area contributed by atoms with Crippen LogP contribution in [-0.4, -0.2) is 0 Å². The predicted octanol–water partition coefficient (Wildman–Crippen LogP) is 11.4. The van der Waals surface area contributed by atoms with Crippen molar-refractivity contribution < 1.29 is 0 Å². The van der Waals surface area contributed by atoms with Gasteiger partial charge in [-0.25, -0.2) is 0 Å². The standard InChI is InChI=1S/C38H25NS/c1-2-10-29-25(8-1)9-7-14-32(29)34-23-22-30(31-11-3-4-12-33(31)34)26-16-18-27(19-17-26)39-28-20-21-36-35-13-5-6-15-37(35)40-38(36)24-28/h1-24,39H. The van der Waals surface area contributed by atoms with Gasteiger partial charge in [-0.05, 0) is 74.1 Å². The third-order valence-corrected chi connectivity index (χ3v) is 9.00. The molecule has 8 rings (SSSR count). The molecule has 0 aliphatic rings. The van der Waals surface area contributed by atoms with Gasteiger partial charge in [-0.2, -0.15) is 0 Å². The summed E-state index contributed by atoms with van der Waals surface area (Å²) in [6.45, 7) is 0. The molecule has 0 unspecified atom stereocenters. The molecule has 0 radical (unpaired) electrons. The fourth-order valence-electron chi connectivity index (χ4n) is 5.95. The molecule has 188 valence electrons. The number of fused-ring (bicyclic) bond motifs is 5. The minimum absolute atomic E-state index is 1.08. The lowest BCUT2D eigenvalue weighted by molar-refractivity contribution is 1.56. The Bertz CT molecular complexity index is 2180. The van der Waals surface area contributed by atoms with Gasteiger partial charge < -0.3 is 5.32 Å². The smallest absolute Gasteiger partial charge is 0.0398 e. The van der Waals surface area contributed by atoms with Crippen LogP contribution in [-0.2, 0) is 0 Å². The Kier molecular flexibility index (Phi) is 5.39. The van der Waals surface area contributed by atoms with Crippen LogP contribution in [0.1, 0.15) is 0 Å². The molecule has 0 saturated carbocycles. The van der Waals surface area contributed by atoms with Crippen molar-refractivity contribution in [2.45, 2.75) is 0 Å². The lowest BCUT2D eigenvalue weighted by Gasteiger charge is -2.14.